The SMILES string of the molecule is Cc1ccc(-c2ncc(CN3CC[C@@H](C(=O)N4CCC(O)(Cn5cnc6c(ccn6-c6ccc(O)cc6)c5=O)CC4)[C@H](c4ccccc4)C3)s2)cn1. The van der Waals surface area contributed by atoms with Crippen LogP contribution in [0.25, 0.3) is 27.3 Å². The highest BCUT2D eigenvalue weighted by molar-refractivity contribution is 7.15. The number of phenolic OH excluding ortho intramolecular Hbond substituents is 1. The van der Waals surface area contributed by atoms with Crippen molar-refractivity contribution in [3.8, 4) is 22.0 Å². The fourth-order valence-electron chi connectivity index (χ4n) is 7.67. The minimum absolute atomic E-state index is 0.0437. The van der Waals surface area contributed by atoms with Crippen molar-refractivity contribution < 1.29 is 15.0 Å². The first-order chi connectivity index (χ1) is 25.2. The molecular formula is C40H41N7O4S. The third-order valence-electron chi connectivity index (χ3n) is 10.6. The Bertz CT molecular complexity index is 2240. The van der Waals surface area contributed by atoms with Crippen LogP contribution in [-0.4, -0.2) is 81.8 Å². The number of aromatic hydroxyl groups is 1. The summed E-state index contributed by atoms with van der Waals surface area (Å²) >= 11 is 1.69. The third kappa shape index (κ3) is 6.89. The van der Waals surface area contributed by atoms with Crippen molar-refractivity contribution in [2.24, 2.45) is 5.92 Å². The van der Waals surface area contributed by atoms with Crippen LogP contribution in [0.5, 0.6) is 5.75 Å². The molecule has 52 heavy (non-hydrogen) atoms. The Hall–Kier alpha value is -5.17. The third-order valence-corrected chi connectivity index (χ3v) is 11.6. The molecule has 266 valence electrons. The van der Waals surface area contributed by atoms with Crippen LogP contribution in [-0.2, 0) is 17.9 Å². The highest BCUT2D eigenvalue weighted by Crippen LogP contribution is 2.37. The number of piperidine rings is 2. The first kappa shape index (κ1) is 33.9. The number of carbonyl (C=O) groups is 1. The van der Waals surface area contributed by atoms with Gasteiger partial charge in [0.05, 0.1) is 17.5 Å². The summed E-state index contributed by atoms with van der Waals surface area (Å²) in [6.07, 6.45) is 8.59. The predicted octanol–water partition coefficient (Wildman–Crippen LogP) is 5.38. The normalized spacial score (nSPS) is 19.2. The highest BCUT2D eigenvalue weighted by atomic mass is 32.1. The van der Waals surface area contributed by atoms with Crippen molar-refractivity contribution in [2.75, 3.05) is 26.2 Å². The zero-order valence-corrected chi connectivity index (χ0v) is 29.8. The molecule has 2 aliphatic rings. The molecule has 6 heterocycles. The molecule has 11 nitrogen and oxygen atoms in total. The summed E-state index contributed by atoms with van der Waals surface area (Å²) in [4.78, 5) is 46.9. The Balaban J connectivity index is 0.927. The number of thiazole rings is 1. The molecule has 0 aliphatic carbocycles. The average Bonchev–Trinajstić information content (AvgIpc) is 3.82. The van der Waals surface area contributed by atoms with E-state index in [0.29, 0.717) is 37.0 Å². The van der Waals surface area contributed by atoms with Crippen LogP contribution in [0.15, 0.2) is 103 Å². The van der Waals surface area contributed by atoms with Crippen molar-refractivity contribution in [1.29, 1.82) is 0 Å². The van der Waals surface area contributed by atoms with E-state index in [1.807, 2.05) is 48.5 Å². The van der Waals surface area contributed by atoms with E-state index in [4.69, 9.17) is 0 Å². The molecule has 4 aromatic heterocycles. The number of fused-ring (bicyclic) bond motifs is 1. The second-order valence-electron chi connectivity index (χ2n) is 14.1. The maximum absolute atomic E-state index is 14.2. The van der Waals surface area contributed by atoms with E-state index in [9.17, 15) is 19.8 Å². The molecule has 8 rings (SSSR count). The van der Waals surface area contributed by atoms with Crippen molar-refractivity contribution in [3.63, 3.8) is 0 Å². The molecule has 2 N–H and O–H groups in total. The predicted molar refractivity (Wildman–Crippen MR) is 200 cm³/mol. The van der Waals surface area contributed by atoms with Gasteiger partial charge in [0, 0.05) is 78.4 Å². The minimum atomic E-state index is -1.14. The average molecular weight is 716 g/mol. The number of nitrogens with zero attached hydrogens (tertiary/aromatic N) is 7. The summed E-state index contributed by atoms with van der Waals surface area (Å²) in [5.74, 6) is 0.181. The van der Waals surface area contributed by atoms with Gasteiger partial charge in [0.1, 0.15) is 17.1 Å². The standard InChI is InChI=1S/C40H41N7O4S/c1-27-7-8-29(21-41-27)37-42-22-32(52-37)23-44-17-13-33(35(24-44)28-5-3-2-4-6-28)38(49)45-19-15-40(51,16-20-45)25-46-26-43-36-34(39(46)50)14-18-47(36)30-9-11-31(48)12-10-30/h2-12,14,18,21-22,26,33,35,48,51H,13,15-17,19-20,23-25H2,1H3/t33-,35+/m1/s1. The molecule has 2 fully saturated rings. The minimum Gasteiger partial charge on any atom is -0.508 e. The van der Waals surface area contributed by atoms with Crippen molar-refractivity contribution >= 4 is 28.3 Å². The Kier molecular flexibility index (Phi) is 9.20. The van der Waals surface area contributed by atoms with Gasteiger partial charge in [0.2, 0.25) is 5.91 Å². The number of amides is 1. The smallest absolute Gasteiger partial charge is 0.262 e. The summed E-state index contributed by atoms with van der Waals surface area (Å²) in [6, 6.07) is 22.8. The lowest BCUT2D eigenvalue weighted by molar-refractivity contribution is -0.142. The van der Waals surface area contributed by atoms with Gasteiger partial charge < -0.3 is 19.7 Å². The van der Waals surface area contributed by atoms with Crippen LogP contribution in [0.1, 0.15) is 41.3 Å². The molecule has 2 aromatic carbocycles. The molecule has 2 aliphatic heterocycles. The van der Waals surface area contributed by atoms with Crippen LogP contribution in [0.3, 0.4) is 0 Å². The molecule has 0 saturated carbocycles. The first-order valence-corrected chi connectivity index (χ1v) is 18.6. The van der Waals surface area contributed by atoms with Gasteiger partial charge in [-0.3, -0.25) is 24.0 Å². The van der Waals surface area contributed by atoms with E-state index in [1.165, 1.54) is 15.8 Å². The van der Waals surface area contributed by atoms with Gasteiger partial charge in [-0.15, -0.1) is 11.3 Å². The highest BCUT2D eigenvalue weighted by Gasteiger charge is 2.41. The molecule has 0 unspecified atom stereocenters. The molecule has 2 saturated heterocycles. The topological polar surface area (TPSA) is 130 Å². The fraction of sp³-hybridized carbons (Fsp3) is 0.325. The number of benzene rings is 2. The molecular weight excluding hydrogens is 675 g/mol. The van der Waals surface area contributed by atoms with Crippen molar-refractivity contribution in [1.82, 2.24) is 33.9 Å². The summed E-state index contributed by atoms with van der Waals surface area (Å²) in [7, 11) is 0. The van der Waals surface area contributed by atoms with Crippen LogP contribution >= 0.6 is 11.3 Å². The number of hydrogen-bond donors (Lipinski definition) is 2. The molecule has 0 bridgehead atoms. The number of phenols is 1. The van der Waals surface area contributed by atoms with Gasteiger partial charge in [0.25, 0.3) is 5.56 Å². The van der Waals surface area contributed by atoms with E-state index in [-0.39, 0.29) is 35.6 Å². The van der Waals surface area contributed by atoms with Crippen LogP contribution < -0.4 is 5.56 Å². The molecule has 6 aromatic rings. The van der Waals surface area contributed by atoms with Crippen LogP contribution in [0, 0.1) is 12.8 Å². The molecule has 0 radical (unpaired) electrons. The van der Waals surface area contributed by atoms with E-state index < -0.39 is 5.60 Å². The Morgan fingerprint density at radius 3 is 2.48 bits per heavy atom. The summed E-state index contributed by atoms with van der Waals surface area (Å²) in [5.41, 5.74) is 3.08. The largest absolute Gasteiger partial charge is 0.508 e. The zero-order chi connectivity index (χ0) is 35.8. The molecule has 12 heteroatoms. The molecule has 1 amide bonds. The van der Waals surface area contributed by atoms with E-state index in [0.717, 1.165) is 53.6 Å². The van der Waals surface area contributed by atoms with Crippen LogP contribution in [0.2, 0.25) is 0 Å². The first-order valence-electron chi connectivity index (χ1n) is 17.8. The monoisotopic (exact) mass is 715 g/mol. The summed E-state index contributed by atoms with van der Waals surface area (Å²) < 4.78 is 3.28. The zero-order valence-electron chi connectivity index (χ0n) is 29.0. The lowest BCUT2D eigenvalue weighted by atomic mass is 9.79. The molecule has 0 spiro atoms. The Labute approximate surface area is 305 Å². The van der Waals surface area contributed by atoms with Gasteiger partial charge in [0.15, 0.2) is 5.65 Å². The number of pyridine rings is 1. The maximum Gasteiger partial charge on any atom is 0.262 e. The van der Waals surface area contributed by atoms with Crippen LogP contribution in [0.4, 0.5) is 0 Å². The van der Waals surface area contributed by atoms with Crippen molar-refractivity contribution in [3.05, 3.63) is 124 Å². The second-order valence-corrected chi connectivity index (χ2v) is 15.2. The number of aromatic nitrogens is 5. The maximum atomic E-state index is 14.2. The summed E-state index contributed by atoms with van der Waals surface area (Å²) in [5, 5.41) is 22.7. The lowest BCUT2D eigenvalue weighted by Gasteiger charge is -2.43. The fourth-order valence-corrected chi connectivity index (χ4v) is 8.61. The molecule has 2 atom stereocenters. The van der Waals surface area contributed by atoms with E-state index in [2.05, 4.69) is 38.1 Å². The number of carbonyl (C=O) groups excluding carboxylic acids is 1. The second kappa shape index (κ2) is 14.1. The van der Waals surface area contributed by atoms with Gasteiger partial charge in [-0.2, -0.15) is 0 Å². The lowest BCUT2D eigenvalue weighted by Crippen LogP contribution is -2.53. The van der Waals surface area contributed by atoms with E-state index >= 15 is 0 Å². The number of aliphatic hydroxyl groups is 1. The number of aryl methyl sites for hydroxylation is 1. The van der Waals surface area contributed by atoms with Gasteiger partial charge in [-0.05, 0) is 80.8 Å². The number of rotatable bonds is 8. The van der Waals surface area contributed by atoms with Gasteiger partial charge in [-0.1, -0.05) is 30.3 Å². The Morgan fingerprint density at radius 2 is 1.73 bits per heavy atom. The summed E-state index contributed by atoms with van der Waals surface area (Å²) in [6.45, 7) is 5.29. The Morgan fingerprint density at radius 1 is 0.942 bits per heavy atom. The van der Waals surface area contributed by atoms with Gasteiger partial charge >= 0.3 is 0 Å². The quantitative estimate of drug-likeness (QED) is 0.215. The van der Waals surface area contributed by atoms with Gasteiger partial charge in [-0.25, -0.2) is 9.97 Å². The van der Waals surface area contributed by atoms with E-state index in [1.54, 1.807) is 52.4 Å². The number of likely N-dealkylation sites (tertiary alicyclic amines) is 2. The number of hydrogen-bond acceptors (Lipinski definition) is 9. The van der Waals surface area contributed by atoms with Crippen molar-refractivity contribution in [2.45, 2.75) is 50.8 Å².